The zero-order valence-electron chi connectivity index (χ0n) is 11.8. The molecule has 0 N–H and O–H groups in total. The van der Waals surface area contributed by atoms with Gasteiger partial charge in [0.2, 0.25) is 0 Å². The Kier molecular flexibility index (Phi) is 5.53. The number of halogens is 11. The average Bonchev–Trinajstić information content (AvgIpc) is 2.45. The van der Waals surface area contributed by atoms with Crippen LogP contribution in [0.4, 0.5) is 48.3 Å². The summed E-state index contributed by atoms with van der Waals surface area (Å²) in [5, 5.41) is 0. The minimum atomic E-state index is -7.25. The molecule has 0 bridgehead atoms. The van der Waals surface area contributed by atoms with E-state index in [9.17, 15) is 53.1 Å². The second-order valence-corrected chi connectivity index (χ2v) is 4.49. The Bertz CT molecular complexity index is 638. The molecule has 1 unspecified atom stereocenters. The maximum atomic E-state index is 13.8. The lowest BCUT2D eigenvalue weighted by molar-refractivity contribution is -0.474. The Morgan fingerprint density at radius 3 is 1.58 bits per heavy atom. The first-order valence-corrected chi connectivity index (χ1v) is 6.01. The molecular weight excluding hydrogens is 401 g/mol. The van der Waals surface area contributed by atoms with Crippen LogP contribution in [-0.2, 0) is 9.53 Å². The van der Waals surface area contributed by atoms with Crippen LogP contribution in [-0.4, -0.2) is 36.2 Å². The van der Waals surface area contributed by atoms with Crippen molar-refractivity contribution in [1.82, 2.24) is 0 Å². The molecule has 26 heavy (non-hydrogen) atoms. The number of hydrogen-bond donors (Lipinski definition) is 0. The molecule has 0 aliphatic heterocycles. The van der Waals surface area contributed by atoms with E-state index in [-0.39, 0.29) is 0 Å². The lowest BCUT2D eigenvalue weighted by Gasteiger charge is -2.33. The first kappa shape index (κ1) is 21.9. The number of para-hydroxylation sites is 1. The van der Waals surface area contributed by atoms with E-state index in [1.807, 2.05) is 4.74 Å². The van der Waals surface area contributed by atoms with Gasteiger partial charge in [-0.1, -0.05) is 18.2 Å². The highest BCUT2D eigenvalue weighted by Gasteiger charge is 2.80. The minimum Gasteiger partial charge on any atom is -0.422 e. The predicted molar refractivity (Wildman–Crippen MR) is 59.0 cm³/mol. The Hall–Kier alpha value is -2.12. The van der Waals surface area contributed by atoms with Crippen LogP contribution in [0.2, 0.25) is 0 Å². The highest BCUT2D eigenvalue weighted by atomic mass is 19.4. The van der Waals surface area contributed by atoms with Gasteiger partial charge in [-0.2, -0.15) is 48.3 Å². The number of benzene rings is 1. The number of esters is 1. The Balaban J connectivity index is 3.27. The van der Waals surface area contributed by atoms with Gasteiger partial charge in [0.15, 0.2) is 0 Å². The molecule has 0 fully saturated rings. The summed E-state index contributed by atoms with van der Waals surface area (Å²) in [4.78, 5) is 11.2. The van der Waals surface area contributed by atoms with Crippen LogP contribution >= 0.6 is 0 Å². The summed E-state index contributed by atoms with van der Waals surface area (Å²) in [6.45, 7) is 0. The molecule has 148 valence electrons. The van der Waals surface area contributed by atoms with Crippen LogP contribution in [0, 0.1) is 0 Å². The van der Waals surface area contributed by atoms with Crippen molar-refractivity contribution in [3.8, 4) is 5.75 Å². The third kappa shape index (κ3) is 3.99. The van der Waals surface area contributed by atoms with Crippen LogP contribution in [0.15, 0.2) is 30.3 Å². The fraction of sp³-hybridized carbons (Fsp3) is 0.417. The molecule has 1 aromatic rings. The van der Waals surface area contributed by atoms with Crippen molar-refractivity contribution in [1.29, 1.82) is 0 Å². The van der Waals surface area contributed by atoms with Crippen LogP contribution in [0.25, 0.3) is 0 Å². The maximum Gasteiger partial charge on any atom is 0.462 e. The van der Waals surface area contributed by atoms with Gasteiger partial charge in [0.05, 0.1) is 0 Å². The van der Waals surface area contributed by atoms with E-state index in [0.717, 1.165) is 24.3 Å². The monoisotopic (exact) mass is 406 g/mol. The van der Waals surface area contributed by atoms with E-state index in [2.05, 4.69) is 4.74 Å². The highest BCUT2D eigenvalue weighted by Crippen LogP contribution is 2.51. The molecule has 3 nitrogen and oxygen atoms in total. The number of ether oxygens (including phenoxy) is 2. The van der Waals surface area contributed by atoms with E-state index >= 15 is 0 Å². The first-order chi connectivity index (χ1) is 11.5. The van der Waals surface area contributed by atoms with Crippen LogP contribution in [0.5, 0.6) is 5.75 Å². The van der Waals surface area contributed by atoms with E-state index in [1.54, 1.807) is 0 Å². The number of alkyl halides is 11. The fourth-order valence-electron chi connectivity index (χ4n) is 1.28. The van der Waals surface area contributed by atoms with Crippen molar-refractivity contribution < 1.29 is 62.6 Å². The maximum absolute atomic E-state index is 13.8. The normalized spacial score (nSPS) is 16.1. The van der Waals surface area contributed by atoms with Gasteiger partial charge >= 0.3 is 36.2 Å². The van der Waals surface area contributed by atoms with Crippen LogP contribution < -0.4 is 4.74 Å². The fourth-order valence-corrected chi connectivity index (χ4v) is 1.28. The highest BCUT2D eigenvalue weighted by molar-refractivity contribution is 5.81. The van der Waals surface area contributed by atoms with Crippen molar-refractivity contribution >= 4 is 5.97 Å². The zero-order chi connectivity index (χ0) is 20.6. The standard InChI is InChI=1S/C12H5F11O3/c13-8(10(16,17)18,7(24)25-6-4-2-1-3-5-6)26-12(22,23)9(14,15)11(19,20)21/h1-5H. The molecule has 0 amide bonds. The van der Waals surface area contributed by atoms with Gasteiger partial charge < -0.3 is 4.74 Å². The number of carbonyl (C=O) groups excluding carboxylic acids is 1. The molecule has 14 heteroatoms. The molecule has 0 aliphatic carbocycles. The van der Waals surface area contributed by atoms with Crippen molar-refractivity contribution in [2.24, 2.45) is 0 Å². The van der Waals surface area contributed by atoms with Crippen molar-refractivity contribution in [3.05, 3.63) is 30.3 Å². The van der Waals surface area contributed by atoms with E-state index in [1.165, 1.54) is 6.07 Å². The molecule has 0 aromatic heterocycles. The smallest absolute Gasteiger partial charge is 0.422 e. The van der Waals surface area contributed by atoms with E-state index in [4.69, 9.17) is 0 Å². The summed E-state index contributed by atoms with van der Waals surface area (Å²) in [7, 11) is 0. The second kappa shape index (κ2) is 6.55. The molecule has 1 rings (SSSR count). The van der Waals surface area contributed by atoms with Crippen LogP contribution in [0.1, 0.15) is 0 Å². The molecule has 0 spiro atoms. The van der Waals surface area contributed by atoms with Gasteiger partial charge in [-0.25, -0.2) is 4.79 Å². The van der Waals surface area contributed by atoms with Gasteiger partial charge in [0.1, 0.15) is 5.75 Å². The third-order valence-electron chi connectivity index (χ3n) is 2.57. The quantitative estimate of drug-likeness (QED) is 0.407. The van der Waals surface area contributed by atoms with Gasteiger partial charge in [0, 0.05) is 0 Å². The topological polar surface area (TPSA) is 35.5 Å². The Labute approximate surface area is 136 Å². The van der Waals surface area contributed by atoms with Crippen LogP contribution in [0.3, 0.4) is 0 Å². The average molecular weight is 406 g/mol. The molecule has 0 saturated heterocycles. The van der Waals surface area contributed by atoms with Crippen molar-refractivity contribution in [2.75, 3.05) is 0 Å². The molecule has 0 radical (unpaired) electrons. The molecule has 0 aliphatic rings. The molecule has 1 atom stereocenters. The Morgan fingerprint density at radius 1 is 0.731 bits per heavy atom. The summed E-state index contributed by atoms with van der Waals surface area (Å²) in [5.41, 5.74) is 0. The SMILES string of the molecule is O=C(Oc1ccccc1)C(F)(OC(F)(F)C(F)(F)C(F)(F)F)C(F)(F)F. The third-order valence-corrected chi connectivity index (χ3v) is 2.57. The van der Waals surface area contributed by atoms with Crippen molar-refractivity contribution in [2.45, 2.75) is 30.2 Å². The van der Waals surface area contributed by atoms with Gasteiger partial charge in [-0.15, -0.1) is 0 Å². The molecular formula is C12H5F11O3. The number of hydrogen-bond acceptors (Lipinski definition) is 3. The van der Waals surface area contributed by atoms with E-state index in [0.29, 0.717) is 0 Å². The first-order valence-electron chi connectivity index (χ1n) is 6.01. The minimum absolute atomic E-state index is 0.733. The summed E-state index contributed by atoms with van der Waals surface area (Å²) in [6.07, 6.45) is -21.0. The van der Waals surface area contributed by atoms with Gasteiger partial charge in [-0.3, -0.25) is 4.74 Å². The molecule has 1 aromatic carbocycles. The zero-order valence-corrected chi connectivity index (χ0v) is 11.8. The largest absolute Gasteiger partial charge is 0.462 e. The summed E-state index contributed by atoms with van der Waals surface area (Å²) in [6, 6.07) is 4.76. The van der Waals surface area contributed by atoms with Gasteiger partial charge in [0.25, 0.3) is 0 Å². The second-order valence-electron chi connectivity index (χ2n) is 4.49. The summed E-state index contributed by atoms with van der Waals surface area (Å²) < 4.78 is 144. The molecule has 0 saturated carbocycles. The molecule has 0 heterocycles. The van der Waals surface area contributed by atoms with Gasteiger partial charge in [-0.05, 0) is 12.1 Å². The lowest BCUT2D eigenvalue weighted by atomic mass is 10.2. The Morgan fingerprint density at radius 2 is 1.19 bits per heavy atom. The summed E-state index contributed by atoms with van der Waals surface area (Å²) in [5.74, 6) is -17.8. The number of carbonyl (C=O) groups is 1. The van der Waals surface area contributed by atoms with Crippen molar-refractivity contribution in [3.63, 3.8) is 0 Å². The number of rotatable bonds is 5. The predicted octanol–water partition coefficient (Wildman–Crippen LogP) is 4.63. The lowest BCUT2D eigenvalue weighted by Crippen LogP contribution is -2.62. The van der Waals surface area contributed by atoms with E-state index < -0.39 is 42.0 Å². The summed E-state index contributed by atoms with van der Waals surface area (Å²) >= 11 is 0.